The Hall–Kier alpha value is -4.58. The van der Waals surface area contributed by atoms with Gasteiger partial charge in [0, 0.05) is 24.9 Å². The van der Waals surface area contributed by atoms with E-state index in [1.807, 2.05) is 121 Å². The molecule has 0 bridgehead atoms. The normalized spacial score (nSPS) is 11.3. The van der Waals surface area contributed by atoms with Crippen LogP contribution < -0.4 is 20.9 Å². The second kappa shape index (κ2) is 19.1. The molecule has 0 aliphatic heterocycles. The average molecular weight is 652 g/mol. The van der Waals surface area contributed by atoms with E-state index in [1.54, 1.807) is 0 Å². The van der Waals surface area contributed by atoms with Crippen LogP contribution in [-0.4, -0.2) is 13.1 Å². The third-order valence-corrected chi connectivity index (χ3v) is 7.38. The Labute approximate surface area is 284 Å². The van der Waals surface area contributed by atoms with Gasteiger partial charge in [-0.15, -0.1) is 24.8 Å². The van der Waals surface area contributed by atoms with Gasteiger partial charge < -0.3 is 20.9 Å². The maximum Gasteiger partial charge on any atom is 0.127 e. The van der Waals surface area contributed by atoms with E-state index in [1.165, 1.54) is 22.3 Å². The molecule has 0 aliphatic carbocycles. The number of halogens is 2. The van der Waals surface area contributed by atoms with E-state index in [4.69, 9.17) is 20.9 Å². The van der Waals surface area contributed by atoms with Gasteiger partial charge in [-0.2, -0.15) is 0 Å². The molecule has 0 heterocycles. The van der Waals surface area contributed by atoms with Gasteiger partial charge >= 0.3 is 0 Å². The van der Waals surface area contributed by atoms with Crippen LogP contribution in [0.2, 0.25) is 0 Å². The van der Waals surface area contributed by atoms with E-state index in [2.05, 4.69) is 48.5 Å². The van der Waals surface area contributed by atoms with Crippen LogP contribution in [0.15, 0.2) is 170 Å². The molecule has 4 nitrogen and oxygen atoms in total. The third-order valence-electron chi connectivity index (χ3n) is 7.38. The Morgan fingerprint density at radius 3 is 1.13 bits per heavy atom. The van der Waals surface area contributed by atoms with Crippen LogP contribution >= 0.6 is 24.8 Å². The number of nitrogens with two attached hydrogens (primary N) is 2. The number of hydrogen-bond acceptors (Lipinski definition) is 4. The van der Waals surface area contributed by atoms with E-state index < -0.39 is 0 Å². The number of para-hydroxylation sites is 2. The second-order valence-electron chi connectivity index (χ2n) is 10.4. The lowest BCUT2D eigenvalue weighted by Gasteiger charge is -2.17. The molecule has 6 aromatic carbocycles. The molecule has 0 saturated carbocycles. The highest BCUT2D eigenvalue weighted by Gasteiger charge is 2.13. The maximum atomic E-state index is 6.00. The smallest absolute Gasteiger partial charge is 0.127 e. The minimum absolute atomic E-state index is 0. The Morgan fingerprint density at radius 1 is 0.348 bits per heavy atom. The van der Waals surface area contributed by atoms with Crippen molar-refractivity contribution in [2.24, 2.45) is 11.5 Å². The standard InChI is InChI=1S/2C20H19NO.2ClH/c21-15-20(16-8-3-1-4-9-16)17-10-7-13-19(14-17)22-18-11-5-2-6-12-18;21-15-20(16-7-3-1-4-8-16)17-11-13-19(14-12-17)22-18-9-5-2-6-10-18;;/h2*1-14,20H,15,21H2;2*1H. The molecule has 6 heteroatoms. The van der Waals surface area contributed by atoms with Crippen molar-refractivity contribution in [1.29, 1.82) is 0 Å². The first-order valence-electron chi connectivity index (χ1n) is 14.9. The number of hydrogen-bond donors (Lipinski definition) is 2. The number of ether oxygens (including phenoxy) is 2. The number of rotatable bonds is 10. The first-order chi connectivity index (χ1) is 21.7. The van der Waals surface area contributed by atoms with Crippen molar-refractivity contribution >= 4 is 24.8 Å². The molecule has 0 aliphatic rings. The molecule has 4 N–H and O–H groups in total. The Morgan fingerprint density at radius 2 is 0.674 bits per heavy atom. The molecule has 2 atom stereocenters. The van der Waals surface area contributed by atoms with Crippen LogP contribution in [0.3, 0.4) is 0 Å². The molecule has 0 spiro atoms. The second-order valence-corrected chi connectivity index (χ2v) is 10.4. The molecule has 2 unspecified atom stereocenters. The summed E-state index contributed by atoms with van der Waals surface area (Å²) < 4.78 is 11.7. The summed E-state index contributed by atoms with van der Waals surface area (Å²) in [6.07, 6.45) is 0. The lowest BCUT2D eigenvalue weighted by Crippen LogP contribution is -2.13. The van der Waals surface area contributed by atoms with Crippen molar-refractivity contribution in [2.45, 2.75) is 11.8 Å². The van der Waals surface area contributed by atoms with E-state index in [0.29, 0.717) is 13.1 Å². The summed E-state index contributed by atoms with van der Waals surface area (Å²) in [6.45, 7) is 1.15. The van der Waals surface area contributed by atoms with E-state index >= 15 is 0 Å². The zero-order valence-electron chi connectivity index (χ0n) is 25.5. The van der Waals surface area contributed by atoms with Crippen molar-refractivity contribution in [2.75, 3.05) is 13.1 Å². The summed E-state index contributed by atoms with van der Waals surface area (Å²) in [4.78, 5) is 0. The van der Waals surface area contributed by atoms with Gasteiger partial charge in [-0.1, -0.05) is 121 Å². The van der Waals surface area contributed by atoms with E-state index in [9.17, 15) is 0 Å². The zero-order chi connectivity index (χ0) is 30.4. The predicted molar refractivity (Wildman–Crippen MR) is 195 cm³/mol. The fourth-order valence-electron chi connectivity index (χ4n) is 5.11. The van der Waals surface area contributed by atoms with Gasteiger partial charge in [-0.3, -0.25) is 0 Å². The molecule has 236 valence electrons. The molecule has 0 amide bonds. The molecule has 0 aromatic heterocycles. The summed E-state index contributed by atoms with van der Waals surface area (Å²) >= 11 is 0. The predicted octanol–water partition coefficient (Wildman–Crippen LogP) is 9.98. The summed E-state index contributed by atoms with van der Waals surface area (Å²) in [6, 6.07) is 56.6. The summed E-state index contributed by atoms with van der Waals surface area (Å²) in [5.74, 6) is 3.74. The van der Waals surface area contributed by atoms with Crippen molar-refractivity contribution in [3.05, 3.63) is 192 Å². The fraction of sp³-hybridized carbons (Fsp3) is 0.100. The van der Waals surface area contributed by atoms with Crippen molar-refractivity contribution < 1.29 is 9.47 Å². The molecule has 0 radical (unpaired) electrons. The zero-order valence-corrected chi connectivity index (χ0v) is 27.2. The highest BCUT2D eigenvalue weighted by Crippen LogP contribution is 2.29. The van der Waals surface area contributed by atoms with Crippen molar-refractivity contribution in [1.82, 2.24) is 0 Å². The Kier molecular flexibility index (Phi) is 14.9. The molecule has 6 aromatic rings. The summed E-state index contributed by atoms with van der Waals surface area (Å²) in [7, 11) is 0. The average Bonchev–Trinajstić information content (AvgIpc) is 3.09. The summed E-state index contributed by atoms with van der Waals surface area (Å²) in [5.41, 5.74) is 16.8. The van der Waals surface area contributed by atoms with E-state index in [0.717, 1.165) is 23.0 Å². The quantitative estimate of drug-likeness (QED) is 0.155. The maximum absolute atomic E-state index is 6.00. The fourth-order valence-corrected chi connectivity index (χ4v) is 5.11. The Balaban J connectivity index is 0.000000240. The first-order valence-corrected chi connectivity index (χ1v) is 14.9. The van der Waals surface area contributed by atoms with Gasteiger partial charge in [-0.25, -0.2) is 0 Å². The highest BCUT2D eigenvalue weighted by atomic mass is 35.5. The molecular formula is C40H40Cl2N2O2. The lowest BCUT2D eigenvalue weighted by atomic mass is 9.91. The van der Waals surface area contributed by atoms with Gasteiger partial charge in [-0.05, 0) is 70.8 Å². The minimum Gasteiger partial charge on any atom is -0.457 e. The van der Waals surface area contributed by atoms with Crippen LogP contribution in [-0.2, 0) is 0 Å². The van der Waals surface area contributed by atoms with E-state index in [-0.39, 0.29) is 36.6 Å². The summed E-state index contributed by atoms with van der Waals surface area (Å²) in [5, 5.41) is 0. The highest BCUT2D eigenvalue weighted by molar-refractivity contribution is 5.85. The van der Waals surface area contributed by atoms with Gasteiger partial charge in [0.2, 0.25) is 0 Å². The molecule has 46 heavy (non-hydrogen) atoms. The van der Waals surface area contributed by atoms with Crippen LogP contribution in [0.5, 0.6) is 23.0 Å². The minimum atomic E-state index is 0. The lowest BCUT2D eigenvalue weighted by molar-refractivity contribution is 0.481. The van der Waals surface area contributed by atoms with Crippen molar-refractivity contribution in [3.8, 4) is 23.0 Å². The molecular weight excluding hydrogens is 611 g/mol. The van der Waals surface area contributed by atoms with Crippen LogP contribution in [0.25, 0.3) is 0 Å². The topological polar surface area (TPSA) is 70.5 Å². The molecule has 6 rings (SSSR count). The van der Waals surface area contributed by atoms with Gasteiger partial charge in [0.25, 0.3) is 0 Å². The third kappa shape index (κ3) is 10.2. The number of benzene rings is 6. The first kappa shape index (κ1) is 35.9. The van der Waals surface area contributed by atoms with Crippen LogP contribution in [0, 0.1) is 0 Å². The monoisotopic (exact) mass is 650 g/mol. The van der Waals surface area contributed by atoms with Gasteiger partial charge in [0.1, 0.15) is 23.0 Å². The SMILES string of the molecule is Cl.Cl.NCC(c1ccccc1)c1ccc(Oc2ccccc2)cc1.NCC(c1ccccc1)c1cccc(Oc2ccccc2)c1. The molecule has 0 fully saturated rings. The van der Waals surface area contributed by atoms with Gasteiger partial charge in [0.05, 0.1) is 0 Å². The van der Waals surface area contributed by atoms with Gasteiger partial charge in [0.15, 0.2) is 0 Å². The Bertz CT molecular complexity index is 1670. The largest absolute Gasteiger partial charge is 0.457 e. The van der Waals surface area contributed by atoms with Crippen molar-refractivity contribution in [3.63, 3.8) is 0 Å². The molecule has 0 saturated heterocycles. The van der Waals surface area contributed by atoms with Crippen LogP contribution in [0.1, 0.15) is 34.1 Å². The van der Waals surface area contributed by atoms with Crippen LogP contribution in [0.4, 0.5) is 0 Å².